The summed E-state index contributed by atoms with van der Waals surface area (Å²) < 4.78 is 5.51. The van der Waals surface area contributed by atoms with E-state index in [0.717, 1.165) is 11.4 Å². The molecule has 2 rings (SSSR count). The molecule has 20 heavy (non-hydrogen) atoms. The number of nitrogens with zero attached hydrogens (tertiary/aromatic N) is 2. The van der Waals surface area contributed by atoms with Gasteiger partial charge in [0.2, 0.25) is 0 Å². The van der Waals surface area contributed by atoms with E-state index in [1.807, 2.05) is 12.1 Å². The number of hydrogen-bond donors (Lipinski definition) is 1. The molecule has 0 aliphatic heterocycles. The minimum atomic E-state index is -0.445. The summed E-state index contributed by atoms with van der Waals surface area (Å²) in [6.45, 7) is 1.98. The van der Waals surface area contributed by atoms with Crippen molar-refractivity contribution < 1.29 is 9.66 Å². The number of nitro groups is 1. The first-order chi connectivity index (χ1) is 9.60. The molecule has 0 fully saturated rings. The Bertz CT molecular complexity index is 629. The molecule has 0 saturated carbocycles. The van der Waals surface area contributed by atoms with E-state index in [9.17, 15) is 10.1 Å². The average molecular weight is 273 g/mol. The number of benzene rings is 1. The van der Waals surface area contributed by atoms with Gasteiger partial charge in [0.15, 0.2) is 5.75 Å². The molecule has 0 radical (unpaired) electrons. The number of aryl methyl sites for hydroxylation is 1. The monoisotopic (exact) mass is 273 g/mol. The van der Waals surface area contributed by atoms with Crippen LogP contribution in [-0.4, -0.2) is 17.0 Å². The first-order valence-corrected chi connectivity index (χ1v) is 6.11. The third-order valence-electron chi connectivity index (χ3n) is 2.75. The second kappa shape index (κ2) is 6.01. The molecule has 6 nitrogen and oxygen atoms in total. The van der Waals surface area contributed by atoms with E-state index in [4.69, 9.17) is 4.74 Å². The fourth-order valence-corrected chi connectivity index (χ4v) is 1.74. The minimum Gasteiger partial charge on any atom is -0.480 e. The molecule has 0 atom stereocenters. The number of aromatic nitrogens is 1. The topological polar surface area (TPSA) is 77.3 Å². The molecule has 2 aromatic rings. The lowest BCUT2D eigenvalue weighted by Crippen LogP contribution is -2.02. The van der Waals surface area contributed by atoms with E-state index in [-0.39, 0.29) is 18.0 Å². The predicted octanol–water partition coefficient (Wildman–Crippen LogP) is 2.92. The van der Waals surface area contributed by atoms with Gasteiger partial charge in [-0.15, -0.1) is 0 Å². The summed E-state index contributed by atoms with van der Waals surface area (Å²) in [6.07, 6.45) is 0. The lowest BCUT2D eigenvalue weighted by Gasteiger charge is -2.08. The molecule has 0 saturated heterocycles. The van der Waals surface area contributed by atoms with Gasteiger partial charge in [-0.05, 0) is 30.7 Å². The van der Waals surface area contributed by atoms with Gasteiger partial charge in [0.05, 0.1) is 10.6 Å². The van der Waals surface area contributed by atoms with Crippen molar-refractivity contribution in [2.24, 2.45) is 0 Å². The van der Waals surface area contributed by atoms with Gasteiger partial charge in [-0.25, -0.2) is 4.98 Å². The van der Waals surface area contributed by atoms with Crippen molar-refractivity contribution >= 4 is 11.5 Å². The quantitative estimate of drug-likeness (QED) is 0.669. The summed E-state index contributed by atoms with van der Waals surface area (Å²) in [7, 11) is 1.78. The maximum Gasteiger partial charge on any atom is 0.311 e. The molecule has 0 unspecified atom stereocenters. The van der Waals surface area contributed by atoms with Crippen LogP contribution in [0, 0.1) is 17.0 Å². The van der Waals surface area contributed by atoms with Crippen LogP contribution in [0.5, 0.6) is 5.75 Å². The Hall–Kier alpha value is -2.63. The van der Waals surface area contributed by atoms with E-state index < -0.39 is 4.92 Å². The molecule has 1 N–H and O–H groups in total. The standard InChI is InChI=1S/C14H15N3O3/c1-10-6-7-13(12(8-10)17(18)19)20-9-11-4-3-5-14(15-2)16-11/h3-8H,9H2,1-2H3,(H,15,16). The Kier molecular flexibility index (Phi) is 4.14. The Morgan fingerprint density at radius 2 is 2.15 bits per heavy atom. The van der Waals surface area contributed by atoms with E-state index in [0.29, 0.717) is 5.69 Å². The number of rotatable bonds is 5. The van der Waals surface area contributed by atoms with Crippen molar-refractivity contribution in [1.29, 1.82) is 0 Å². The Morgan fingerprint density at radius 1 is 1.35 bits per heavy atom. The minimum absolute atomic E-state index is 0.0326. The predicted molar refractivity (Wildman–Crippen MR) is 75.9 cm³/mol. The SMILES string of the molecule is CNc1cccc(COc2ccc(C)cc2[N+](=O)[O-])n1. The molecule has 0 amide bonds. The van der Waals surface area contributed by atoms with Gasteiger partial charge in [0.25, 0.3) is 0 Å². The van der Waals surface area contributed by atoms with Crippen molar-refractivity contribution in [1.82, 2.24) is 4.98 Å². The molecule has 0 spiro atoms. The van der Waals surface area contributed by atoms with Gasteiger partial charge >= 0.3 is 5.69 Å². The summed E-state index contributed by atoms with van der Waals surface area (Å²) in [4.78, 5) is 14.8. The fraction of sp³-hybridized carbons (Fsp3) is 0.214. The number of pyridine rings is 1. The van der Waals surface area contributed by atoms with Crippen molar-refractivity contribution in [2.75, 3.05) is 12.4 Å². The Labute approximate surface area is 116 Å². The maximum atomic E-state index is 11.0. The van der Waals surface area contributed by atoms with Crippen LogP contribution in [-0.2, 0) is 6.61 Å². The number of hydrogen-bond acceptors (Lipinski definition) is 5. The van der Waals surface area contributed by atoms with Crippen LogP contribution in [0.25, 0.3) is 0 Å². The third-order valence-corrected chi connectivity index (χ3v) is 2.75. The molecular formula is C14H15N3O3. The summed E-state index contributed by atoms with van der Waals surface area (Å²) in [5, 5.41) is 13.9. The van der Waals surface area contributed by atoms with Crippen molar-refractivity contribution in [3.63, 3.8) is 0 Å². The molecule has 104 valence electrons. The van der Waals surface area contributed by atoms with Gasteiger partial charge in [0.1, 0.15) is 12.4 Å². The van der Waals surface area contributed by atoms with Crippen LogP contribution in [0.15, 0.2) is 36.4 Å². The molecule has 0 aliphatic rings. The fourth-order valence-electron chi connectivity index (χ4n) is 1.74. The van der Waals surface area contributed by atoms with E-state index in [1.165, 1.54) is 6.07 Å². The van der Waals surface area contributed by atoms with Crippen LogP contribution in [0.4, 0.5) is 11.5 Å². The lowest BCUT2D eigenvalue weighted by molar-refractivity contribution is -0.386. The van der Waals surface area contributed by atoms with Gasteiger partial charge in [0, 0.05) is 13.1 Å². The normalized spacial score (nSPS) is 10.1. The summed E-state index contributed by atoms with van der Waals surface area (Å²) in [5.74, 6) is 0.974. The summed E-state index contributed by atoms with van der Waals surface area (Å²) in [6, 6.07) is 10.4. The highest BCUT2D eigenvalue weighted by molar-refractivity contribution is 5.48. The number of nitro benzene ring substituents is 1. The molecule has 0 aliphatic carbocycles. The van der Waals surface area contributed by atoms with Crippen LogP contribution in [0.3, 0.4) is 0 Å². The zero-order chi connectivity index (χ0) is 14.5. The second-order valence-corrected chi connectivity index (χ2v) is 4.28. The zero-order valence-corrected chi connectivity index (χ0v) is 11.3. The largest absolute Gasteiger partial charge is 0.480 e. The van der Waals surface area contributed by atoms with Crippen LogP contribution < -0.4 is 10.1 Å². The van der Waals surface area contributed by atoms with E-state index >= 15 is 0 Å². The zero-order valence-electron chi connectivity index (χ0n) is 11.3. The third kappa shape index (κ3) is 3.23. The maximum absolute atomic E-state index is 11.0. The first kappa shape index (κ1) is 13.8. The molecule has 0 bridgehead atoms. The van der Waals surface area contributed by atoms with Crippen LogP contribution in [0.2, 0.25) is 0 Å². The average Bonchev–Trinajstić information content (AvgIpc) is 2.46. The van der Waals surface area contributed by atoms with Crippen LogP contribution in [0.1, 0.15) is 11.3 Å². The number of anilines is 1. The number of ether oxygens (including phenoxy) is 1. The Morgan fingerprint density at radius 3 is 2.85 bits per heavy atom. The highest BCUT2D eigenvalue weighted by Gasteiger charge is 2.15. The summed E-state index contributed by atoms with van der Waals surface area (Å²) >= 11 is 0. The smallest absolute Gasteiger partial charge is 0.311 e. The second-order valence-electron chi connectivity index (χ2n) is 4.28. The molecule has 1 aromatic carbocycles. The lowest BCUT2D eigenvalue weighted by atomic mass is 10.2. The van der Waals surface area contributed by atoms with Gasteiger partial charge < -0.3 is 10.1 Å². The van der Waals surface area contributed by atoms with E-state index in [1.54, 1.807) is 32.2 Å². The molecule has 1 aromatic heterocycles. The van der Waals surface area contributed by atoms with Gasteiger partial charge in [-0.3, -0.25) is 10.1 Å². The highest BCUT2D eigenvalue weighted by Crippen LogP contribution is 2.28. The van der Waals surface area contributed by atoms with Crippen molar-refractivity contribution in [3.8, 4) is 5.75 Å². The van der Waals surface area contributed by atoms with Gasteiger partial charge in [-0.1, -0.05) is 12.1 Å². The first-order valence-electron chi connectivity index (χ1n) is 6.11. The van der Waals surface area contributed by atoms with Crippen molar-refractivity contribution in [3.05, 3.63) is 57.8 Å². The highest BCUT2D eigenvalue weighted by atomic mass is 16.6. The number of nitrogens with one attached hydrogen (secondary N) is 1. The van der Waals surface area contributed by atoms with Gasteiger partial charge in [-0.2, -0.15) is 0 Å². The van der Waals surface area contributed by atoms with Crippen molar-refractivity contribution in [2.45, 2.75) is 13.5 Å². The summed E-state index contributed by atoms with van der Waals surface area (Å²) in [5.41, 5.74) is 1.49. The van der Waals surface area contributed by atoms with Crippen LogP contribution >= 0.6 is 0 Å². The molecule has 6 heteroatoms. The van der Waals surface area contributed by atoms with E-state index in [2.05, 4.69) is 10.3 Å². The molecular weight excluding hydrogens is 258 g/mol. The Balaban J connectivity index is 2.16. The molecule has 1 heterocycles.